The maximum Gasteiger partial charge on any atom is 0.222 e. The molecule has 0 radical (unpaired) electrons. The van der Waals surface area contributed by atoms with E-state index in [1.165, 1.54) is 0 Å². The van der Waals surface area contributed by atoms with Crippen molar-refractivity contribution >= 4 is 80.4 Å². The van der Waals surface area contributed by atoms with Gasteiger partial charge in [0.15, 0.2) is 0 Å². The molecule has 4 aromatic rings. The first kappa shape index (κ1) is 21.6. The molecule has 0 saturated carbocycles. The van der Waals surface area contributed by atoms with Gasteiger partial charge in [-0.2, -0.15) is 0 Å². The smallest absolute Gasteiger partial charge is 0.222 e. The average Bonchev–Trinajstić information content (AvgIpc) is 2.72. The number of hydrogen-bond donors (Lipinski definition) is 0. The highest BCUT2D eigenvalue weighted by atomic mass is 35.5. The van der Waals surface area contributed by atoms with E-state index in [2.05, 4.69) is 30.4 Å². The van der Waals surface area contributed by atoms with Crippen molar-refractivity contribution in [2.45, 2.75) is 6.92 Å². The Kier molecular flexibility index (Phi) is 6.43. The third kappa shape index (κ3) is 5.17. The minimum atomic E-state index is 0.177. The molecule has 0 amide bonds. The van der Waals surface area contributed by atoms with Crippen molar-refractivity contribution in [2.24, 2.45) is 20.5 Å². The summed E-state index contributed by atoms with van der Waals surface area (Å²) < 4.78 is 0. The maximum absolute atomic E-state index is 6.18. The lowest BCUT2D eigenvalue weighted by molar-refractivity contribution is 1.10. The Morgan fingerprint density at radius 3 is 1.61 bits per heavy atom. The van der Waals surface area contributed by atoms with Crippen LogP contribution in [0.1, 0.15) is 5.56 Å². The lowest BCUT2D eigenvalue weighted by Crippen LogP contribution is -1.86. The molecular weight excluding hydrogens is 478 g/mol. The Hall–Kier alpha value is -2.64. The van der Waals surface area contributed by atoms with Crippen LogP contribution < -0.4 is 0 Å². The molecule has 0 aliphatic heterocycles. The number of fused-ring (bicyclic) bond motifs is 1. The van der Waals surface area contributed by atoms with Crippen molar-refractivity contribution in [3.8, 4) is 0 Å². The molecule has 0 N–H and O–H groups in total. The van der Waals surface area contributed by atoms with Gasteiger partial charge in [0.05, 0.1) is 21.1 Å². The van der Waals surface area contributed by atoms with Crippen molar-refractivity contribution in [1.82, 2.24) is 9.97 Å². The number of halogens is 4. The van der Waals surface area contributed by atoms with Crippen LogP contribution in [0.2, 0.25) is 20.1 Å². The number of benzene rings is 3. The lowest BCUT2D eigenvalue weighted by Gasteiger charge is -2.03. The highest BCUT2D eigenvalue weighted by Crippen LogP contribution is 2.34. The predicted octanol–water partition coefficient (Wildman–Crippen LogP) is 9.38. The Balaban J connectivity index is 1.79. The fourth-order valence-corrected chi connectivity index (χ4v) is 3.50. The van der Waals surface area contributed by atoms with Gasteiger partial charge < -0.3 is 0 Å². The zero-order valence-electron chi connectivity index (χ0n) is 15.9. The number of azo groups is 2. The van der Waals surface area contributed by atoms with Gasteiger partial charge in [-0.1, -0.05) is 52.5 Å². The van der Waals surface area contributed by atoms with E-state index < -0.39 is 0 Å². The molecule has 10 heteroatoms. The number of rotatable bonds is 4. The van der Waals surface area contributed by atoms with Gasteiger partial charge in [-0.15, -0.1) is 20.5 Å². The first-order chi connectivity index (χ1) is 14.9. The Labute approximate surface area is 197 Å². The summed E-state index contributed by atoms with van der Waals surface area (Å²) >= 11 is 24.2. The van der Waals surface area contributed by atoms with Crippen molar-refractivity contribution < 1.29 is 0 Å². The summed E-state index contributed by atoms with van der Waals surface area (Å²) in [5, 5.41) is 18.5. The van der Waals surface area contributed by atoms with Gasteiger partial charge in [0, 0.05) is 10.0 Å². The molecule has 0 aliphatic rings. The molecule has 0 fully saturated rings. The first-order valence-electron chi connectivity index (χ1n) is 8.91. The number of aryl methyl sites for hydroxylation is 1. The molecule has 1 aromatic heterocycles. The highest BCUT2D eigenvalue weighted by molar-refractivity contribution is 6.36. The highest BCUT2D eigenvalue weighted by Gasteiger charge is 2.10. The summed E-state index contributed by atoms with van der Waals surface area (Å²) in [6.45, 7) is 1.96. The summed E-state index contributed by atoms with van der Waals surface area (Å²) in [5.41, 5.74) is 3.19. The Morgan fingerprint density at radius 1 is 0.581 bits per heavy atom. The predicted molar refractivity (Wildman–Crippen MR) is 126 cm³/mol. The van der Waals surface area contributed by atoms with Crippen LogP contribution in [0.3, 0.4) is 0 Å². The zero-order chi connectivity index (χ0) is 22.0. The second-order valence-electron chi connectivity index (χ2n) is 6.45. The van der Waals surface area contributed by atoms with Crippen LogP contribution in [0.5, 0.6) is 0 Å². The average molecular weight is 490 g/mol. The second-order valence-corrected chi connectivity index (χ2v) is 8.14. The van der Waals surface area contributed by atoms with Crippen LogP contribution in [-0.2, 0) is 0 Å². The maximum atomic E-state index is 6.18. The summed E-state index contributed by atoms with van der Waals surface area (Å²) in [5.74, 6) is 0.356. The van der Waals surface area contributed by atoms with E-state index in [0.717, 1.165) is 5.56 Å². The van der Waals surface area contributed by atoms with E-state index in [0.29, 0.717) is 42.5 Å². The largest absolute Gasteiger partial charge is 0.222 e. The normalized spacial score (nSPS) is 11.8. The number of aromatic nitrogens is 2. The van der Waals surface area contributed by atoms with Gasteiger partial charge >= 0.3 is 0 Å². The van der Waals surface area contributed by atoms with Crippen LogP contribution in [0.25, 0.3) is 11.0 Å². The van der Waals surface area contributed by atoms with E-state index in [-0.39, 0.29) is 11.6 Å². The molecule has 0 bridgehead atoms. The van der Waals surface area contributed by atoms with Crippen molar-refractivity contribution in [3.63, 3.8) is 0 Å². The molecule has 1 heterocycles. The zero-order valence-corrected chi connectivity index (χ0v) is 18.9. The van der Waals surface area contributed by atoms with Crippen molar-refractivity contribution in [1.29, 1.82) is 0 Å². The van der Waals surface area contributed by atoms with Crippen molar-refractivity contribution in [3.05, 3.63) is 80.3 Å². The van der Waals surface area contributed by atoms with Gasteiger partial charge in [-0.05, 0) is 61.0 Å². The molecule has 0 spiro atoms. The SMILES string of the molecule is Cc1ccc2nc(N=Nc3ccc(Cl)cc3Cl)c(N=Nc3ccc(Cl)cc3Cl)nc2c1. The fourth-order valence-electron chi connectivity index (χ4n) is 2.61. The van der Waals surface area contributed by atoms with Gasteiger partial charge in [-0.25, -0.2) is 9.97 Å². The first-order valence-corrected chi connectivity index (χ1v) is 10.4. The summed E-state index contributed by atoms with van der Waals surface area (Å²) in [4.78, 5) is 9.07. The molecule has 4 rings (SSSR count). The molecule has 0 atom stereocenters. The van der Waals surface area contributed by atoms with Crippen LogP contribution in [0.15, 0.2) is 75.1 Å². The van der Waals surface area contributed by atoms with E-state index in [4.69, 9.17) is 46.4 Å². The minimum absolute atomic E-state index is 0.177. The number of nitrogens with zero attached hydrogens (tertiary/aromatic N) is 6. The van der Waals surface area contributed by atoms with Crippen LogP contribution >= 0.6 is 46.4 Å². The standard InChI is InChI=1S/C21H12Cl4N6/c1-11-2-5-18-19(8-11)27-21(31-29-17-7-4-13(23)10-15(17)25)20(26-18)30-28-16-6-3-12(22)9-14(16)24/h2-10H,1H3. The fraction of sp³-hybridized carbons (Fsp3) is 0.0476. The summed E-state index contributed by atoms with van der Waals surface area (Å²) in [6, 6.07) is 15.5. The molecule has 0 aliphatic carbocycles. The van der Waals surface area contributed by atoms with Crippen LogP contribution in [0.4, 0.5) is 23.0 Å². The van der Waals surface area contributed by atoms with Gasteiger partial charge in [-0.3, -0.25) is 0 Å². The topological polar surface area (TPSA) is 75.2 Å². The molecule has 3 aromatic carbocycles. The van der Waals surface area contributed by atoms with Gasteiger partial charge in [0.25, 0.3) is 0 Å². The minimum Gasteiger partial charge on any atom is -0.222 e. The van der Waals surface area contributed by atoms with Gasteiger partial charge in [0.1, 0.15) is 11.4 Å². The molecule has 0 unspecified atom stereocenters. The summed E-state index contributed by atoms with van der Waals surface area (Å²) in [7, 11) is 0. The van der Waals surface area contributed by atoms with E-state index in [1.807, 2.05) is 25.1 Å². The Morgan fingerprint density at radius 2 is 1.10 bits per heavy atom. The molecule has 154 valence electrons. The second kappa shape index (κ2) is 9.24. The molecule has 31 heavy (non-hydrogen) atoms. The lowest BCUT2D eigenvalue weighted by atomic mass is 10.2. The quantitative estimate of drug-likeness (QED) is 0.267. The van der Waals surface area contributed by atoms with E-state index in [1.54, 1.807) is 36.4 Å². The number of hydrogen-bond acceptors (Lipinski definition) is 6. The summed E-state index contributed by atoms with van der Waals surface area (Å²) in [6.07, 6.45) is 0. The molecular formula is C21H12Cl4N6. The Bertz CT molecular complexity index is 1350. The van der Waals surface area contributed by atoms with Crippen LogP contribution in [-0.4, -0.2) is 9.97 Å². The van der Waals surface area contributed by atoms with Crippen LogP contribution in [0, 0.1) is 6.92 Å². The van der Waals surface area contributed by atoms with Gasteiger partial charge in [0.2, 0.25) is 11.6 Å². The molecule has 6 nitrogen and oxygen atoms in total. The molecule has 0 saturated heterocycles. The third-order valence-corrected chi connectivity index (χ3v) is 5.18. The monoisotopic (exact) mass is 488 g/mol. The third-order valence-electron chi connectivity index (χ3n) is 4.11. The van der Waals surface area contributed by atoms with Crippen molar-refractivity contribution in [2.75, 3.05) is 0 Å². The van der Waals surface area contributed by atoms with E-state index >= 15 is 0 Å². The van der Waals surface area contributed by atoms with E-state index in [9.17, 15) is 0 Å².